The second-order valence-electron chi connectivity index (χ2n) is 22.9. The zero-order valence-corrected chi connectivity index (χ0v) is 50.3. The normalized spacial score (nSPS) is 24.6. The highest BCUT2D eigenvalue weighted by Crippen LogP contribution is 2.30. The summed E-state index contributed by atoms with van der Waals surface area (Å²) in [6, 6.07) is -0.850. The number of allylic oxidation sites excluding steroid dienone is 10. The van der Waals surface area contributed by atoms with Crippen molar-refractivity contribution in [1.29, 1.82) is 0 Å². The zero-order chi connectivity index (χ0) is 58.1. The van der Waals surface area contributed by atoms with Crippen LogP contribution in [0.1, 0.15) is 258 Å². The molecule has 12 atom stereocenters. The highest BCUT2D eigenvalue weighted by atomic mass is 16.7. The van der Waals surface area contributed by atoms with Crippen LogP contribution in [-0.2, 0) is 23.7 Å². The molecule has 2 saturated heterocycles. The van der Waals surface area contributed by atoms with E-state index >= 15 is 0 Å². The van der Waals surface area contributed by atoms with Gasteiger partial charge in [-0.15, -0.1) is 0 Å². The van der Waals surface area contributed by atoms with E-state index in [4.69, 9.17) is 18.9 Å². The van der Waals surface area contributed by atoms with E-state index in [1.165, 1.54) is 148 Å². The first-order valence-electron chi connectivity index (χ1n) is 32.5. The van der Waals surface area contributed by atoms with Crippen LogP contribution in [0.2, 0.25) is 0 Å². The summed E-state index contributed by atoms with van der Waals surface area (Å²) in [5.41, 5.74) is 0. The van der Waals surface area contributed by atoms with Gasteiger partial charge >= 0.3 is 0 Å². The minimum absolute atomic E-state index is 0.237. The van der Waals surface area contributed by atoms with Crippen molar-refractivity contribution < 1.29 is 64.6 Å². The van der Waals surface area contributed by atoms with Gasteiger partial charge in [0.05, 0.1) is 32.0 Å². The predicted molar refractivity (Wildman–Crippen MR) is 323 cm³/mol. The Labute approximate surface area is 486 Å². The Morgan fingerprint density at radius 2 is 0.863 bits per heavy atom. The van der Waals surface area contributed by atoms with Gasteiger partial charge in [-0.1, -0.05) is 254 Å². The molecule has 0 saturated carbocycles. The average Bonchev–Trinajstić information content (AvgIpc) is 3.48. The van der Waals surface area contributed by atoms with Crippen LogP contribution in [0.15, 0.2) is 60.8 Å². The van der Waals surface area contributed by atoms with E-state index in [-0.39, 0.29) is 18.9 Å². The third-order valence-corrected chi connectivity index (χ3v) is 15.7. The van der Waals surface area contributed by atoms with Gasteiger partial charge in [0.25, 0.3) is 0 Å². The molecule has 9 N–H and O–H groups in total. The van der Waals surface area contributed by atoms with Crippen molar-refractivity contribution in [2.75, 3.05) is 19.8 Å². The minimum Gasteiger partial charge on any atom is -0.394 e. The number of carbonyl (C=O) groups is 1. The molecule has 1 amide bonds. The molecule has 14 nitrogen and oxygen atoms in total. The van der Waals surface area contributed by atoms with E-state index in [2.05, 4.69) is 79.9 Å². The summed E-state index contributed by atoms with van der Waals surface area (Å²) in [6.45, 7) is 2.75. The van der Waals surface area contributed by atoms with Crippen molar-refractivity contribution in [3.8, 4) is 0 Å². The number of hydrogen-bond donors (Lipinski definition) is 9. The van der Waals surface area contributed by atoms with E-state index in [0.29, 0.717) is 12.8 Å². The minimum atomic E-state index is -1.79. The van der Waals surface area contributed by atoms with Gasteiger partial charge in [0.2, 0.25) is 5.91 Å². The second-order valence-corrected chi connectivity index (χ2v) is 22.9. The molecule has 0 aromatic carbocycles. The van der Waals surface area contributed by atoms with E-state index in [1.54, 1.807) is 0 Å². The fraction of sp³-hybridized carbons (Fsp3) is 0.833. The number of unbranched alkanes of at least 4 members (excludes halogenated alkanes) is 29. The fourth-order valence-electron chi connectivity index (χ4n) is 10.6. The lowest BCUT2D eigenvalue weighted by atomic mass is 9.97. The van der Waals surface area contributed by atoms with Crippen molar-refractivity contribution in [3.05, 3.63) is 60.8 Å². The highest BCUT2D eigenvalue weighted by Gasteiger charge is 2.51. The molecule has 14 heteroatoms. The number of amides is 1. The Bertz CT molecular complexity index is 1570. The van der Waals surface area contributed by atoms with Crippen LogP contribution in [-0.4, -0.2) is 140 Å². The smallest absolute Gasteiger partial charge is 0.220 e. The molecule has 2 heterocycles. The lowest BCUT2D eigenvalue weighted by molar-refractivity contribution is -0.359. The van der Waals surface area contributed by atoms with Gasteiger partial charge in [-0.3, -0.25) is 4.79 Å². The van der Waals surface area contributed by atoms with Crippen LogP contribution < -0.4 is 5.32 Å². The van der Waals surface area contributed by atoms with Crippen LogP contribution in [0.5, 0.6) is 0 Å². The Morgan fingerprint density at radius 1 is 0.463 bits per heavy atom. The molecule has 2 fully saturated rings. The first-order valence-corrected chi connectivity index (χ1v) is 32.5. The molecular formula is C66H119NO13. The van der Waals surface area contributed by atoms with Gasteiger partial charge < -0.3 is 65.1 Å². The van der Waals surface area contributed by atoms with Crippen LogP contribution in [0.4, 0.5) is 0 Å². The summed E-state index contributed by atoms with van der Waals surface area (Å²) in [7, 11) is 0. The molecule has 0 aromatic rings. The maximum atomic E-state index is 13.3. The van der Waals surface area contributed by atoms with Gasteiger partial charge in [0, 0.05) is 6.42 Å². The fourth-order valence-corrected chi connectivity index (χ4v) is 10.6. The largest absolute Gasteiger partial charge is 0.394 e. The lowest BCUT2D eigenvalue weighted by Crippen LogP contribution is -2.65. The summed E-state index contributed by atoms with van der Waals surface area (Å²) < 4.78 is 22.9. The second kappa shape index (κ2) is 51.1. The molecule has 2 rings (SSSR count). The topological polar surface area (TPSA) is 228 Å². The molecule has 0 spiro atoms. The molecule has 2 aliphatic heterocycles. The number of ether oxygens (including phenoxy) is 4. The highest BCUT2D eigenvalue weighted by molar-refractivity contribution is 5.76. The Kier molecular flexibility index (Phi) is 47.2. The number of aliphatic hydroxyl groups excluding tert-OH is 8. The first kappa shape index (κ1) is 73.8. The molecular weight excluding hydrogens is 1010 g/mol. The number of aliphatic hydroxyl groups is 8. The van der Waals surface area contributed by atoms with Gasteiger partial charge in [-0.25, -0.2) is 0 Å². The third-order valence-electron chi connectivity index (χ3n) is 15.7. The summed E-state index contributed by atoms with van der Waals surface area (Å²) in [5, 5.41) is 87.4. The van der Waals surface area contributed by atoms with E-state index in [9.17, 15) is 45.6 Å². The molecule has 0 bridgehead atoms. The molecule has 0 aromatic heterocycles. The Morgan fingerprint density at radius 3 is 1.31 bits per heavy atom. The maximum absolute atomic E-state index is 13.3. The van der Waals surface area contributed by atoms with Crippen LogP contribution in [0.3, 0.4) is 0 Å². The standard InChI is InChI=1S/C66H119NO13/c1-3-5-7-9-11-13-15-17-19-21-23-24-25-26-27-28-29-30-32-33-35-37-39-41-43-45-47-49-55(70)54(67-58(71)50-48-46-44-42-40-38-36-34-31-22-20-18-16-14-12-10-8-6-4-2)53-77-65-63(76)61(74)64(57(52-69)79-65)80-66-62(75)60(73)59(72)56(51-68)78-66/h6,8,12,14,18,20,31,34,38,40,54-57,59-66,68-70,72-76H,3-5,7,9-11,13,15-17,19,21-30,32-33,35-37,39,41-53H2,1-2H3,(H,67,71)/b8-6-,14-12-,20-18-,34-31-,40-38-. The van der Waals surface area contributed by atoms with Crippen molar-refractivity contribution in [3.63, 3.8) is 0 Å². The molecule has 80 heavy (non-hydrogen) atoms. The zero-order valence-electron chi connectivity index (χ0n) is 50.3. The number of rotatable bonds is 52. The maximum Gasteiger partial charge on any atom is 0.220 e. The quantitative estimate of drug-likeness (QED) is 0.0204. The monoisotopic (exact) mass is 1130 g/mol. The number of nitrogens with one attached hydrogen (secondary N) is 1. The average molecular weight is 1130 g/mol. The van der Waals surface area contributed by atoms with Gasteiger partial charge in [0.1, 0.15) is 48.8 Å². The molecule has 12 unspecified atom stereocenters. The lowest BCUT2D eigenvalue weighted by Gasteiger charge is -2.46. The number of hydrogen-bond acceptors (Lipinski definition) is 13. The van der Waals surface area contributed by atoms with E-state index in [1.807, 2.05) is 0 Å². The summed E-state index contributed by atoms with van der Waals surface area (Å²) in [6.07, 6.45) is 49.4. The van der Waals surface area contributed by atoms with Gasteiger partial charge in [-0.2, -0.15) is 0 Å². The van der Waals surface area contributed by atoms with Crippen LogP contribution in [0, 0.1) is 0 Å². The van der Waals surface area contributed by atoms with Crippen molar-refractivity contribution in [2.24, 2.45) is 0 Å². The van der Waals surface area contributed by atoms with Crippen molar-refractivity contribution in [2.45, 2.75) is 331 Å². The third kappa shape index (κ3) is 35.7. The number of carbonyl (C=O) groups excluding carboxylic acids is 1. The Hall–Kier alpha value is -2.31. The van der Waals surface area contributed by atoms with Gasteiger partial charge in [0.15, 0.2) is 12.6 Å². The summed E-state index contributed by atoms with van der Waals surface area (Å²) in [5.74, 6) is -0.237. The van der Waals surface area contributed by atoms with Crippen LogP contribution >= 0.6 is 0 Å². The van der Waals surface area contributed by atoms with Crippen LogP contribution in [0.25, 0.3) is 0 Å². The van der Waals surface area contributed by atoms with E-state index in [0.717, 1.165) is 77.0 Å². The molecule has 466 valence electrons. The van der Waals surface area contributed by atoms with E-state index < -0.39 is 86.8 Å². The van der Waals surface area contributed by atoms with Crippen molar-refractivity contribution >= 4 is 5.91 Å². The summed E-state index contributed by atoms with van der Waals surface area (Å²) >= 11 is 0. The SMILES string of the molecule is CC/C=C\C/C=C\C/C=C\C/C=C\C/C=C\CCCCCC(=O)NC(COC1OC(CO)C(OC2OC(CO)C(O)C(O)C2O)C(O)C1O)C(O)CCCCCCCCCCCCCCCCCCCCCCCCCCCCC. The summed E-state index contributed by atoms with van der Waals surface area (Å²) in [4.78, 5) is 13.3. The Balaban J connectivity index is 1.71. The van der Waals surface area contributed by atoms with Crippen molar-refractivity contribution in [1.82, 2.24) is 5.32 Å². The predicted octanol–water partition coefficient (Wildman–Crippen LogP) is 12.1. The molecule has 2 aliphatic rings. The molecule has 0 aliphatic carbocycles. The first-order chi connectivity index (χ1) is 39.1. The van der Waals surface area contributed by atoms with Gasteiger partial charge in [-0.05, 0) is 57.8 Å². The molecule has 0 radical (unpaired) electrons.